The van der Waals surface area contributed by atoms with Crippen molar-refractivity contribution in [1.29, 1.82) is 0 Å². The average Bonchev–Trinajstić information content (AvgIpc) is 2.27. The molecule has 0 aromatic heterocycles. The van der Waals surface area contributed by atoms with Gasteiger partial charge in [0.15, 0.2) is 12.0 Å². The number of rotatable bonds is 5. The molecular formula is C11H12FNO3. The second-order valence-corrected chi connectivity index (χ2v) is 3.75. The molecule has 0 fully saturated rings. The van der Waals surface area contributed by atoms with Crippen LogP contribution in [-0.4, -0.2) is 23.4 Å². The van der Waals surface area contributed by atoms with E-state index in [9.17, 15) is 19.3 Å². The van der Waals surface area contributed by atoms with Gasteiger partial charge in [-0.25, -0.2) is 4.39 Å². The van der Waals surface area contributed by atoms with Crippen LogP contribution in [0.25, 0.3) is 0 Å². The van der Waals surface area contributed by atoms with Crippen molar-refractivity contribution < 1.29 is 14.1 Å². The number of hydrogen-bond donors (Lipinski definition) is 0. The zero-order valence-corrected chi connectivity index (χ0v) is 8.80. The van der Waals surface area contributed by atoms with E-state index in [0.29, 0.717) is 5.56 Å². The predicted molar refractivity (Wildman–Crippen MR) is 56.6 cm³/mol. The smallest absolute Gasteiger partial charge is 0.214 e. The van der Waals surface area contributed by atoms with Crippen LogP contribution >= 0.6 is 0 Å². The van der Waals surface area contributed by atoms with Gasteiger partial charge >= 0.3 is 0 Å². The van der Waals surface area contributed by atoms with Crippen molar-refractivity contribution in [1.82, 2.24) is 0 Å². The normalized spacial score (nSPS) is 16.1. The molecule has 5 heteroatoms. The summed E-state index contributed by atoms with van der Waals surface area (Å²) in [5.74, 6) is -1.05. The van der Waals surface area contributed by atoms with E-state index in [1.54, 1.807) is 30.3 Å². The van der Waals surface area contributed by atoms with Crippen LogP contribution in [0.15, 0.2) is 30.3 Å². The van der Waals surface area contributed by atoms with E-state index < -0.39 is 23.1 Å². The maximum absolute atomic E-state index is 13.9. The number of carbonyl (C=O) groups excluding carboxylic acids is 1. The summed E-state index contributed by atoms with van der Waals surface area (Å²) >= 11 is 0. The Morgan fingerprint density at radius 1 is 1.50 bits per heavy atom. The molecule has 0 heterocycles. The van der Waals surface area contributed by atoms with Crippen LogP contribution in [0.4, 0.5) is 4.39 Å². The summed E-state index contributed by atoms with van der Waals surface area (Å²) in [5, 5.41) is 10.5. The first-order valence-electron chi connectivity index (χ1n) is 4.79. The van der Waals surface area contributed by atoms with Gasteiger partial charge in [-0.1, -0.05) is 30.3 Å². The second-order valence-electron chi connectivity index (χ2n) is 3.75. The van der Waals surface area contributed by atoms with E-state index >= 15 is 0 Å². The van der Waals surface area contributed by atoms with Gasteiger partial charge in [-0.15, -0.1) is 0 Å². The summed E-state index contributed by atoms with van der Waals surface area (Å²) in [6, 6.07) is 8.19. The van der Waals surface area contributed by atoms with Crippen LogP contribution in [0, 0.1) is 10.1 Å². The Kier molecular flexibility index (Phi) is 3.71. The minimum atomic E-state index is -2.23. The van der Waals surface area contributed by atoms with Gasteiger partial charge in [-0.3, -0.25) is 14.9 Å². The summed E-state index contributed by atoms with van der Waals surface area (Å²) in [6.45, 7) is 0.455. The maximum Gasteiger partial charge on any atom is 0.214 e. The molecule has 0 aliphatic heterocycles. The molecule has 86 valence electrons. The van der Waals surface area contributed by atoms with Gasteiger partial charge in [0, 0.05) is 4.92 Å². The average molecular weight is 225 g/mol. The SMILES string of the molecule is C[C@@](F)(C=O)[C@H](C[N+](=O)[O-])c1ccccc1. The molecule has 0 bridgehead atoms. The van der Waals surface area contributed by atoms with Gasteiger partial charge in [-0.2, -0.15) is 0 Å². The quantitative estimate of drug-likeness (QED) is 0.437. The summed E-state index contributed by atoms with van der Waals surface area (Å²) in [7, 11) is 0. The van der Waals surface area contributed by atoms with Crippen LogP contribution < -0.4 is 0 Å². The standard InChI is InChI=1S/C11H12FNO3/c1-11(12,8-14)10(7-13(15)16)9-5-3-2-4-6-9/h2-6,8,10H,7H2,1H3/t10-,11-/m1/s1. The zero-order valence-electron chi connectivity index (χ0n) is 8.80. The molecule has 2 atom stereocenters. The van der Waals surface area contributed by atoms with Crippen molar-refractivity contribution in [2.24, 2.45) is 0 Å². The van der Waals surface area contributed by atoms with Gasteiger partial charge in [0.25, 0.3) is 0 Å². The molecule has 0 unspecified atom stereocenters. The largest absolute Gasteiger partial charge is 0.300 e. The number of nitrogens with zero attached hydrogens (tertiary/aromatic N) is 1. The summed E-state index contributed by atoms with van der Waals surface area (Å²) < 4.78 is 13.9. The Morgan fingerprint density at radius 2 is 2.06 bits per heavy atom. The number of carbonyl (C=O) groups is 1. The molecule has 1 rings (SSSR count). The number of alkyl halides is 1. The Morgan fingerprint density at radius 3 is 2.50 bits per heavy atom. The van der Waals surface area contributed by atoms with E-state index in [-0.39, 0.29) is 6.29 Å². The van der Waals surface area contributed by atoms with E-state index in [1.165, 1.54) is 0 Å². The molecule has 0 radical (unpaired) electrons. The molecule has 0 amide bonds. The Balaban J connectivity index is 3.06. The van der Waals surface area contributed by atoms with Gasteiger partial charge < -0.3 is 0 Å². The summed E-state index contributed by atoms with van der Waals surface area (Å²) in [5.41, 5.74) is -1.77. The third-order valence-corrected chi connectivity index (χ3v) is 2.45. The van der Waals surface area contributed by atoms with Crippen LogP contribution in [0.1, 0.15) is 18.4 Å². The number of halogens is 1. The van der Waals surface area contributed by atoms with Crippen molar-refractivity contribution >= 4 is 6.29 Å². The number of benzene rings is 1. The number of nitro groups is 1. The highest BCUT2D eigenvalue weighted by Gasteiger charge is 2.38. The van der Waals surface area contributed by atoms with Crippen molar-refractivity contribution in [3.8, 4) is 0 Å². The fourth-order valence-corrected chi connectivity index (χ4v) is 1.53. The summed E-state index contributed by atoms with van der Waals surface area (Å²) in [6.07, 6.45) is 0.119. The molecule has 16 heavy (non-hydrogen) atoms. The van der Waals surface area contributed by atoms with Gasteiger partial charge in [0.1, 0.15) is 0 Å². The molecule has 4 nitrogen and oxygen atoms in total. The third kappa shape index (κ3) is 2.85. The Hall–Kier alpha value is -1.78. The topological polar surface area (TPSA) is 60.2 Å². The lowest BCUT2D eigenvalue weighted by Crippen LogP contribution is -2.34. The highest BCUT2D eigenvalue weighted by molar-refractivity contribution is 5.64. The third-order valence-electron chi connectivity index (χ3n) is 2.45. The van der Waals surface area contributed by atoms with Gasteiger partial charge in [0.2, 0.25) is 6.54 Å². The Labute approximate surface area is 92.2 Å². The molecule has 0 saturated carbocycles. The first-order chi connectivity index (χ1) is 7.47. The minimum Gasteiger partial charge on any atom is -0.300 e. The molecule has 0 aliphatic carbocycles. The van der Waals surface area contributed by atoms with Gasteiger partial charge in [0.05, 0.1) is 5.92 Å². The molecular weight excluding hydrogens is 213 g/mol. The monoisotopic (exact) mass is 225 g/mol. The molecule has 0 N–H and O–H groups in total. The van der Waals surface area contributed by atoms with Crippen LogP contribution in [0.2, 0.25) is 0 Å². The summed E-state index contributed by atoms with van der Waals surface area (Å²) in [4.78, 5) is 20.5. The molecule has 1 aromatic carbocycles. The number of hydrogen-bond acceptors (Lipinski definition) is 3. The van der Waals surface area contributed by atoms with Crippen molar-refractivity contribution in [2.45, 2.75) is 18.5 Å². The van der Waals surface area contributed by atoms with E-state index in [4.69, 9.17) is 0 Å². The van der Waals surface area contributed by atoms with Crippen LogP contribution in [0.3, 0.4) is 0 Å². The van der Waals surface area contributed by atoms with E-state index in [2.05, 4.69) is 0 Å². The first-order valence-corrected chi connectivity index (χ1v) is 4.79. The highest BCUT2D eigenvalue weighted by Crippen LogP contribution is 2.30. The predicted octanol–water partition coefficient (Wildman–Crippen LogP) is 1.97. The Bertz CT molecular complexity index is 378. The van der Waals surface area contributed by atoms with Crippen molar-refractivity contribution in [3.05, 3.63) is 46.0 Å². The van der Waals surface area contributed by atoms with Crippen molar-refractivity contribution in [2.75, 3.05) is 6.54 Å². The minimum absolute atomic E-state index is 0.119. The zero-order chi connectivity index (χ0) is 12.2. The molecule has 1 aromatic rings. The highest BCUT2D eigenvalue weighted by atomic mass is 19.1. The second kappa shape index (κ2) is 4.83. The molecule has 0 spiro atoms. The van der Waals surface area contributed by atoms with Gasteiger partial charge in [-0.05, 0) is 12.5 Å². The van der Waals surface area contributed by atoms with E-state index in [1.807, 2.05) is 0 Å². The van der Waals surface area contributed by atoms with E-state index in [0.717, 1.165) is 6.92 Å². The fourth-order valence-electron chi connectivity index (χ4n) is 1.53. The molecule has 0 aliphatic rings. The lowest BCUT2D eigenvalue weighted by atomic mass is 9.86. The number of aldehydes is 1. The van der Waals surface area contributed by atoms with Crippen LogP contribution in [-0.2, 0) is 4.79 Å². The first kappa shape index (κ1) is 12.3. The van der Waals surface area contributed by atoms with Crippen LogP contribution in [0.5, 0.6) is 0 Å². The lowest BCUT2D eigenvalue weighted by Gasteiger charge is -2.22. The fraction of sp³-hybridized carbons (Fsp3) is 0.364. The van der Waals surface area contributed by atoms with Crippen molar-refractivity contribution in [3.63, 3.8) is 0 Å². The molecule has 0 saturated heterocycles. The maximum atomic E-state index is 13.9. The lowest BCUT2D eigenvalue weighted by molar-refractivity contribution is -0.485.